The molecule has 0 bridgehead atoms. The second-order valence-corrected chi connectivity index (χ2v) is 5.26. The third-order valence-corrected chi connectivity index (χ3v) is 3.63. The Bertz CT molecular complexity index is 442. The molecule has 0 radical (unpaired) electrons. The van der Waals surface area contributed by atoms with Crippen molar-refractivity contribution >= 4 is 5.82 Å². The lowest BCUT2D eigenvalue weighted by atomic mass is 10.1. The molecule has 6 heteroatoms. The SMILES string of the molecule is COCCNCc1cnc(N2CCOCC2CO)c(C)c1. The van der Waals surface area contributed by atoms with Gasteiger partial charge in [-0.15, -0.1) is 0 Å². The number of aryl methyl sites for hydroxylation is 1. The molecule has 1 aliphatic rings. The van der Waals surface area contributed by atoms with Gasteiger partial charge in [0.05, 0.1) is 32.5 Å². The van der Waals surface area contributed by atoms with E-state index in [1.54, 1.807) is 7.11 Å². The van der Waals surface area contributed by atoms with Crippen LogP contribution in [0, 0.1) is 6.92 Å². The molecule has 1 fully saturated rings. The molecule has 1 unspecified atom stereocenters. The van der Waals surface area contributed by atoms with Crippen molar-refractivity contribution in [3.05, 3.63) is 23.4 Å². The Labute approximate surface area is 126 Å². The number of aliphatic hydroxyl groups is 1. The van der Waals surface area contributed by atoms with Gasteiger partial charge < -0.3 is 24.8 Å². The van der Waals surface area contributed by atoms with Crippen LogP contribution in [0.2, 0.25) is 0 Å². The van der Waals surface area contributed by atoms with Crippen LogP contribution in [0.4, 0.5) is 5.82 Å². The van der Waals surface area contributed by atoms with Crippen LogP contribution in [0.1, 0.15) is 11.1 Å². The zero-order chi connectivity index (χ0) is 15.1. The number of anilines is 1. The fourth-order valence-corrected chi connectivity index (χ4v) is 2.52. The molecule has 118 valence electrons. The Morgan fingerprint density at radius 1 is 1.57 bits per heavy atom. The molecule has 0 aliphatic carbocycles. The summed E-state index contributed by atoms with van der Waals surface area (Å²) in [6.45, 7) is 6.46. The van der Waals surface area contributed by atoms with Gasteiger partial charge in [-0.3, -0.25) is 0 Å². The molecule has 2 N–H and O–H groups in total. The van der Waals surface area contributed by atoms with Crippen molar-refractivity contribution in [2.75, 3.05) is 51.5 Å². The molecule has 0 aromatic carbocycles. The summed E-state index contributed by atoms with van der Waals surface area (Å²) in [5.74, 6) is 0.943. The molecular formula is C15H25N3O3. The first-order chi connectivity index (χ1) is 10.3. The Kier molecular flexibility index (Phi) is 6.38. The van der Waals surface area contributed by atoms with E-state index < -0.39 is 0 Å². The summed E-state index contributed by atoms with van der Waals surface area (Å²) >= 11 is 0. The lowest BCUT2D eigenvalue weighted by Crippen LogP contribution is -2.48. The maximum Gasteiger partial charge on any atom is 0.131 e. The molecule has 6 nitrogen and oxygen atoms in total. The van der Waals surface area contributed by atoms with Crippen molar-refractivity contribution in [2.24, 2.45) is 0 Å². The van der Waals surface area contributed by atoms with Gasteiger partial charge in [0.15, 0.2) is 0 Å². The van der Waals surface area contributed by atoms with E-state index in [9.17, 15) is 5.11 Å². The highest BCUT2D eigenvalue weighted by Crippen LogP contribution is 2.22. The predicted octanol–water partition coefficient (Wildman–Crippen LogP) is 0.324. The first kappa shape index (κ1) is 16.2. The van der Waals surface area contributed by atoms with E-state index in [1.807, 2.05) is 6.20 Å². The number of nitrogens with zero attached hydrogens (tertiary/aromatic N) is 2. The summed E-state index contributed by atoms with van der Waals surface area (Å²) in [6.07, 6.45) is 1.89. The van der Waals surface area contributed by atoms with Gasteiger partial charge in [-0.05, 0) is 24.1 Å². The van der Waals surface area contributed by atoms with E-state index in [0.29, 0.717) is 19.8 Å². The number of methoxy groups -OCH3 is 1. The molecular weight excluding hydrogens is 270 g/mol. The number of nitrogens with one attached hydrogen (secondary N) is 1. The molecule has 2 rings (SSSR count). The number of hydrogen-bond donors (Lipinski definition) is 2. The number of aromatic nitrogens is 1. The van der Waals surface area contributed by atoms with Gasteiger partial charge in [-0.2, -0.15) is 0 Å². The molecule has 2 heterocycles. The topological polar surface area (TPSA) is 66.9 Å². The molecule has 1 aliphatic heterocycles. The summed E-state index contributed by atoms with van der Waals surface area (Å²) in [7, 11) is 1.70. The van der Waals surface area contributed by atoms with Gasteiger partial charge in [0.2, 0.25) is 0 Å². The fraction of sp³-hybridized carbons (Fsp3) is 0.667. The number of rotatable bonds is 7. The normalized spacial score (nSPS) is 19.0. The first-order valence-corrected chi connectivity index (χ1v) is 7.36. The predicted molar refractivity (Wildman–Crippen MR) is 81.6 cm³/mol. The van der Waals surface area contributed by atoms with Gasteiger partial charge in [0, 0.05) is 32.9 Å². The van der Waals surface area contributed by atoms with Crippen molar-refractivity contribution < 1.29 is 14.6 Å². The van der Waals surface area contributed by atoms with E-state index in [-0.39, 0.29) is 12.6 Å². The molecule has 0 amide bonds. The lowest BCUT2D eigenvalue weighted by Gasteiger charge is -2.36. The van der Waals surface area contributed by atoms with E-state index in [4.69, 9.17) is 9.47 Å². The highest BCUT2D eigenvalue weighted by Gasteiger charge is 2.24. The van der Waals surface area contributed by atoms with Gasteiger partial charge in [0.25, 0.3) is 0 Å². The second-order valence-electron chi connectivity index (χ2n) is 5.26. The van der Waals surface area contributed by atoms with Crippen LogP contribution in [0.25, 0.3) is 0 Å². The molecule has 1 aromatic rings. The summed E-state index contributed by atoms with van der Waals surface area (Å²) < 4.78 is 10.4. The van der Waals surface area contributed by atoms with Crippen LogP contribution < -0.4 is 10.2 Å². The maximum absolute atomic E-state index is 9.46. The second kappa shape index (κ2) is 8.29. The molecule has 1 atom stereocenters. The summed E-state index contributed by atoms with van der Waals surface area (Å²) in [6, 6.07) is 2.14. The molecule has 1 saturated heterocycles. The first-order valence-electron chi connectivity index (χ1n) is 7.36. The zero-order valence-corrected chi connectivity index (χ0v) is 12.8. The average molecular weight is 295 g/mol. The number of hydrogen-bond acceptors (Lipinski definition) is 6. The highest BCUT2D eigenvalue weighted by atomic mass is 16.5. The Morgan fingerprint density at radius 2 is 2.43 bits per heavy atom. The summed E-state index contributed by atoms with van der Waals surface area (Å²) in [5.41, 5.74) is 2.28. The van der Waals surface area contributed by atoms with Gasteiger partial charge in [-0.25, -0.2) is 4.98 Å². The van der Waals surface area contributed by atoms with Crippen LogP contribution in [0.5, 0.6) is 0 Å². The molecule has 0 spiro atoms. The van der Waals surface area contributed by atoms with Crippen molar-refractivity contribution in [1.29, 1.82) is 0 Å². The maximum atomic E-state index is 9.46. The summed E-state index contributed by atoms with van der Waals surface area (Å²) in [4.78, 5) is 6.73. The zero-order valence-electron chi connectivity index (χ0n) is 12.8. The van der Waals surface area contributed by atoms with E-state index in [2.05, 4.69) is 28.2 Å². The lowest BCUT2D eigenvalue weighted by molar-refractivity contribution is 0.0722. The van der Waals surface area contributed by atoms with Crippen LogP contribution in [-0.4, -0.2) is 62.8 Å². The average Bonchev–Trinajstić information content (AvgIpc) is 2.52. The van der Waals surface area contributed by atoms with Gasteiger partial charge in [0.1, 0.15) is 5.82 Å². The Hall–Kier alpha value is -1.21. The van der Waals surface area contributed by atoms with Crippen molar-refractivity contribution in [3.8, 4) is 0 Å². The van der Waals surface area contributed by atoms with Crippen LogP contribution >= 0.6 is 0 Å². The molecule has 0 saturated carbocycles. The van der Waals surface area contributed by atoms with Crippen LogP contribution in [0.15, 0.2) is 12.3 Å². The van der Waals surface area contributed by atoms with Crippen LogP contribution in [0.3, 0.4) is 0 Å². The molecule has 1 aromatic heterocycles. The fourth-order valence-electron chi connectivity index (χ4n) is 2.52. The van der Waals surface area contributed by atoms with E-state index >= 15 is 0 Å². The highest BCUT2D eigenvalue weighted by molar-refractivity contribution is 5.48. The Balaban J connectivity index is 2.01. The number of ether oxygens (including phenoxy) is 2. The smallest absolute Gasteiger partial charge is 0.131 e. The number of pyridine rings is 1. The van der Waals surface area contributed by atoms with Crippen molar-refractivity contribution in [3.63, 3.8) is 0 Å². The van der Waals surface area contributed by atoms with E-state index in [1.165, 1.54) is 0 Å². The van der Waals surface area contributed by atoms with E-state index in [0.717, 1.165) is 36.6 Å². The third kappa shape index (κ3) is 4.38. The number of aliphatic hydroxyl groups excluding tert-OH is 1. The quantitative estimate of drug-likeness (QED) is 0.706. The largest absolute Gasteiger partial charge is 0.394 e. The standard InChI is InChI=1S/C15H25N3O3/c1-12-7-13(8-16-3-5-20-2)9-17-15(12)18-4-6-21-11-14(18)10-19/h7,9,14,16,19H,3-6,8,10-11H2,1-2H3. The number of morpholine rings is 1. The minimum Gasteiger partial charge on any atom is -0.394 e. The molecule has 21 heavy (non-hydrogen) atoms. The Morgan fingerprint density at radius 3 is 3.14 bits per heavy atom. The van der Waals surface area contributed by atoms with Gasteiger partial charge in [-0.1, -0.05) is 0 Å². The van der Waals surface area contributed by atoms with Crippen molar-refractivity contribution in [1.82, 2.24) is 10.3 Å². The van der Waals surface area contributed by atoms with Crippen molar-refractivity contribution in [2.45, 2.75) is 19.5 Å². The minimum absolute atomic E-state index is 0.00405. The minimum atomic E-state index is -0.00405. The third-order valence-electron chi connectivity index (χ3n) is 3.63. The van der Waals surface area contributed by atoms with Gasteiger partial charge >= 0.3 is 0 Å². The summed E-state index contributed by atoms with van der Waals surface area (Å²) in [5, 5.41) is 12.8. The monoisotopic (exact) mass is 295 g/mol. The van der Waals surface area contributed by atoms with Crippen LogP contribution in [-0.2, 0) is 16.0 Å².